The third-order valence-corrected chi connectivity index (χ3v) is 14.5. The zero-order valence-electron chi connectivity index (χ0n) is 33.6. The van der Waals surface area contributed by atoms with Gasteiger partial charge >= 0.3 is 0 Å². The molecule has 8 nitrogen and oxygen atoms in total. The van der Waals surface area contributed by atoms with E-state index in [1.54, 1.807) is 14.2 Å². The molecule has 53 heavy (non-hydrogen) atoms. The molecule has 9 heteroatoms. The van der Waals surface area contributed by atoms with Crippen molar-refractivity contribution < 1.29 is 37.7 Å². The van der Waals surface area contributed by atoms with E-state index in [9.17, 15) is 9.59 Å². The van der Waals surface area contributed by atoms with Crippen LogP contribution in [0.3, 0.4) is 0 Å². The molecular formula is C44H62O8Si. The fraction of sp³-hybridized carbons (Fsp3) is 0.500. The molecule has 0 amide bonds. The molecule has 0 saturated carbocycles. The van der Waals surface area contributed by atoms with Gasteiger partial charge in [0, 0.05) is 18.3 Å². The fourth-order valence-corrected chi connectivity index (χ4v) is 6.76. The van der Waals surface area contributed by atoms with Gasteiger partial charge in [-0.3, -0.25) is 9.59 Å². The normalized spacial score (nSPS) is 14.2. The summed E-state index contributed by atoms with van der Waals surface area (Å²) in [6, 6.07) is 25.5. The van der Waals surface area contributed by atoms with Gasteiger partial charge < -0.3 is 28.1 Å². The zero-order valence-corrected chi connectivity index (χ0v) is 34.6. The summed E-state index contributed by atoms with van der Waals surface area (Å²) in [4.78, 5) is 27.2. The second-order valence-electron chi connectivity index (χ2n) is 15.8. The van der Waals surface area contributed by atoms with Crippen LogP contribution in [-0.2, 0) is 48.0 Å². The predicted octanol–water partition coefficient (Wildman–Crippen LogP) is 9.69. The second kappa shape index (κ2) is 20.7. The lowest BCUT2D eigenvalue weighted by molar-refractivity contribution is -0.132. The van der Waals surface area contributed by atoms with Gasteiger partial charge in [0.05, 0.1) is 65.4 Å². The molecule has 3 atom stereocenters. The van der Waals surface area contributed by atoms with Crippen molar-refractivity contribution in [2.45, 2.75) is 117 Å². The Morgan fingerprint density at radius 1 is 0.736 bits per heavy atom. The summed E-state index contributed by atoms with van der Waals surface area (Å²) in [6.45, 7) is 18.2. The molecule has 1 unspecified atom stereocenters. The first kappa shape index (κ1) is 43.8. The standard InChI is InChI=1S/C44H62O8Si/c1-33(50-31-34-15-12-11-13-16-34)41(51-32-36-19-23-39(48-8)24-20-36)29-40(52-53(9,10)43(2,3)4)27-37(45)28-42(46)44(5,6)25-14-26-49-30-35-17-21-38(47-7)22-18-35/h11-25,33,40-41H,26-32H2,1-10H3/b25-14+/t33-,40+,41?/m1/s1. The molecular weight excluding hydrogens is 685 g/mol. The maximum absolute atomic E-state index is 13.7. The van der Waals surface area contributed by atoms with Crippen molar-refractivity contribution in [1.82, 2.24) is 0 Å². The molecule has 0 aliphatic carbocycles. The molecule has 0 saturated heterocycles. The molecule has 0 aromatic heterocycles. The van der Waals surface area contributed by atoms with E-state index in [1.807, 2.05) is 112 Å². The van der Waals surface area contributed by atoms with Gasteiger partial charge in [-0.05, 0) is 79.9 Å². The third-order valence-electron chi connectivity index (χ3n) is 9.97. The summed E-state index contributed by atoms with van der Waals surface area (Å²) < 4.78 is 36.2. The van der Waals surface area contributed by atoms with E-state index in [0.717, 1.165) is 28.2 Å². The number of methoxy groups -OCH3 is 2. The van der Waals surface area contributed by atoms with Crippen LogP contribution in [0.25, 0.3) is 0 Å². The molecule has 0 fully saturated rings. The van der Waals surface area contributed by atoms with Gasteiger partial charge in [-0.25, -0.2) is 0 Å². The number of ketones is 2. The number of hydrogen-bond donors (Lipinski definition) is 0. The smallest absolute Gasteiger partial charge is 0.192 e. The molecule has 0 radical (unpaired) electrons. The van der Waals surface area contributed by atoms with Crippen LogP contribution in [0.2, 0.25) is 18.1 Å². The van der Waals surface area contributed by atoms with E-state index in [4.69, 9.17) is 28.1 Å². The number of allylic oxidation sites excluding steroid dienone is 1. The first-order chi connectivity index (χ1) is 25.0. The maximum atomic E-state index is 13.7. The second-order valence-corrected chi connectivity index (χ2v) is 20.5. The lowest BCUT2D eigenvalue weighted by Crippen LogP contribution is -2.46. The fourth-order valence-electron chi connectivity index (χ4n) is 5.39. The lowest BCUT2D eigenvalue weighted by Gasteiger charge is -2.40. The topological polar surface area (TPSA) is 89.5 Å². The quantitative estimate of drug-likeness (QED) is 0.0410. The summed E-state index contributed by atoms with van der Waals surface area (Å²) >= 11 is 0. The van der Waals surface area contributed by atoms with Crippen LogP contribution in [0.4, 0.5) is 0 Å². The minimum Gasteiger partial charge on any atom is -0.497 e. The van der Waals surface area contributed by atoms with Gasteiger partial charge in [0.15, 0.2) is 8.32 Å². The Labute approximate surface area is 319 Å². The highest BCUT2D eigenvalue weighted by Gasteiger charge is 2.41. The predicted molar refractivity (Wildman–Crippen MR) is 214 cm³/mol. The van der Waals surface area contributed by atoms with Crippen molar-refractivity contribution in [2.24, 2.45) is 5.41 Å². The van der Waals surface area contributed by atoms with E-state index >= 15 is 0 Å². The van der Waals surface area contributed by atoms with Crippen LogP contribution in [0.5, 0.6) is 11.5 Å². The van der Waals surface area contributed by atoms with E-state index < -0.39 is 19.8 Å². The van der Waals surface area contributed by atoms with E-state index in [0.29, 0.717) is 32.8 Å². The lowest BCUT2D eigenvalue weighted by atomic mass is 9.84. The van der Waals surface area contributed by atoms with Gasteiger partial charge in [0.25, 0.3) is 0 Å². The highest BCUT2D eigenvalue weighted by Crippen LogP contribution is 2.38. The van der Waals surface area contributed by atoms with Crippen LogP contribution in [-0.4, -0.2) is 59.0 Å². The molecule has 0 heterocycles. The van der Waals surface area contributed by atoms with Crippen LogP contribution in [0.15, 0.2) is 91.0 Å². The number of carbonyl (C=O) groups excluding carboxylic acids is 2. The van der Waals surface area contributed by atoms with Crippen LogP contribution in [0, 0.1) is 5.41 Å². The Kier molecular flexibility index (Phi) is 17.1. The molecule has 0 spiro atoms. The Bertz CT molecular complexity index is 1560. The van der Waals surface area contributed by atoms with Gasteiger partial charge in [0.1, 0.15) is 23.1 Å². The summed E-state index contributed by atoms with van der Waals surface area (Å²) in [7, 11) is 0.963. The molecule has 0 N–H and O–H groups in total. The number of ether oxygens (including phenoxy) is 5. The van der Waals surface area contributed by atoms with Gasteiger partial charge in [-0.2, -0.15) is 0 Å². The van der Waals surface area contributed by atoms with E-state index in [2.05, 4.69) is 33.9 Å². The van der Waals surface area contributed by atoms with Crippen molar-refractivity contribution in [3.8, 4) is 11.5 Å². The summed E-state index contributed by atoms with van der Waals surface area (Å²) in [5.74, 6) is 1.27. The van der Waals surface area contributed by atoms with Gasteiger partial charge in [0.2, 0.25) is 0 Å². The van der Waals surface area contributed by atoms with Crippen molar-refractivity contribution in [3.63, 3.8) is 0 Å². The molecule has 290 valence electrons. The van der Waals surface area contributed by atoms with Crippen molar-refractivity contribution in [2.75, 3.05) is 20.8 Å². The van der Waals surface area contributed by atoms with Crippen molar-refractivity contribution >= 4 is 19.9 Å². The monoisotopic (exact) mass is 746 g/mol. The molecule has 0 aliphatic rings. The maximum Gasteiger partial charge on any atom is 0.192 e. The minimum atomic E-state index is -2.32. The van der Waals surface area contributed by atoms with Gasteiger partial charge in [-0.1, -0.05) is 87.5 Å². The zero-order chi connectivity index (χ0) is 39.1. The first-order valence-corrected chi connectivity index (χ1v) is 21.4. The number of Topliss-reactive ketones (excluding diaryl/α,β-unsaturated/α-hetero) is 2. The van der Waals surface area contributed by atoms with E-state index in [1.165, 1.54) is 0 Å². The average Bonchev–Trinajstić information content (AvgIpc) is 3.12. The number of rotatable bonds is 23. The summed E-state index contributed by atoms with van der Waals surface area (Å²) in [6.07, 6.45) is 2.91. The molecule has 3 aromatic rings. The van der Waals surface area contributed by atoms with Crippen LogP contribution in [0.1, 0.15) is 77.5 Å². The van der Waals surface area contributed by atoms with Crippen LogP contribution < -0.4 is 9.47 Å². The summed E-state index contributed by atoms with van der Waals surface area (Å²) in [5.41, 5.74) is 2.26. The molecule has 3 aromatic carbocycles. The van der Waals surface area contributed by atoms with E-state index in [-0.39, 0.29) is 41.7 Å². The SMILES string of the molecule is COc1ccc(COC/C=C/C(C)(C)C(=O)CC(=O)C[C@@H](CC(OCc2ccc(OC)cc2)[C@@H](C)OCc2ccccc2)O[Si](C)(C)C(C)(C)C)cc1. The van der Waals surface area contributed by atoms with Crippen molar-refractivity contribution in [1.29, 1.82) is 0 Å². The Morgan fingerprint density at radius 2 is 1.26 bits per heavy atom. The highest BCUT2D eigenvalue weighted by molar-refractivity contribution is 6.74. The largest absolute Gasteiger partial charge is 0.497 e. The highest BCUT2D eigenvalue weighted by atomic mass is 28.4. The number of carbonyl (C=O) groups is 2. The average molecular weight is 747 g/mol. The molecule has 0 bridgehead atoms. The molecule has 0 aliphatic heterocycles. The Morgan fingerprint density at radius 3 is 1.81 bits per heavy atom. The third kappa shape index (κ3) is 15.0. The minimum absolute atomic E-state index is 0.0821. The van der Waals surface area contributed by atoms with Crippen molar-refractivity contribution in [3.05, 3.63) is 108 Å². The van der Waals surface area contributed by atoms with Crippen LogP contribution >= 0.6 is 0 Å². The number of hydrogen-bond acceptors (Lipinski definition) is 8. The number of benzene rings is 3. The van der Waals surface area contributed by atoms with Gasteiger partial charge in [-0.15, -0.1) is 0 Å². The Hall–Kier alpha value is -3.60. The summed E-state index contributed by atoms with van der Waals surface area (Å²) in [5, 5.41) is -0.0821. The molecule has 3 rings (SSSR count). The first-order valence-electron chi connectivity index (χ1n) is 18.5. The Balaban J connectivity index is 1.71.